The molecule has 6 heteroatoms. The first-order valence-corrected chi connectivity index (χ1v) is 11.7. The molecule has 2 aromatic carbocycles. The zero-order valence-electron chi connectivity index (χ0n) is 17.0. The van der Waals surface area contributed by atoms with Gasteiger partial charge in [-0.3, -0.25) is 14.3 Å². The second-order valence-electron chi connectivity index (χ2n) is 7.92. The zero-order valence-corrected chi connectivity index (χ0v) is 18.6. The van der Waals surface area contributed by atoms with Crippen molar-refractivity contribution < 1.29 is 0 Å². The maximum absolute atomic E-state index is 13.6. The monoisotopic (exact) mass is 455 g/mol. The number of aryl methyl sites for hydroxylation is 1. The minimum absolute atomic E-state index is 0.0482. The molecule has 32 heavy (non-hydrogen) atoms. The molecule has 1 atom stereocenters. The predicted molar refractivity (Wildman–Crippen MR) is 128 cm³/mol. The topological polar surface area (TPSA) is 47.2 Å². The van der Waals surface area contributed by atoms with Crippen LogP contribution in [0, 0.1) is 0 Å². The summed E-state index contributed by atoms with van der Waals surface area (Å²) in [5, 5.41) is 0.659. The number of hydrogen-bond donors (Lipinski definition) is 0. The molecule has 2 aliphatic rings. The first kappa shape index (κ1) is 19.4. The summed E-state index contributed by atoms with van der Waals surface area (Å²) in [6, 6.07) is 19.8. The van der Waals surface area contributed by atoms with Crippen molar-refractivity contribution >= 4 is 34.7 Å². The van der Waals surface area contributed by atoms with Crippen molar-refractivity contribution in [3.63, 3.8) is 0 Å². The highest BCUT2D eigenvalue weighted by Crippen LogP contribution is 2.42. The second-order valence-corrected chi connectivity index (χ2v) is 9.34. The van der Waals surface area contributed by atoms with E-state index >= 15 is 0 Å². The molecule has 0 saturated carbocycles. The molecule has 2 aromatic heterocycles. The van der Waals surface area contributed by atoms with Crippen LogP contribution in [0.15, 0.2) is 88.4 Å². The third-order valence-electron chi connectivity index (χ3n) is 6.05. The largest absolute Gasteiger partial charge is 0.272 e. The van der Waals surface area contributed by atoms with E-state index in [4.69, 9.17) is 16.6 Å². The zero-order chi connectivity index (χ0) is 21.7. The molecule has 1 aliphatic carbocycles. The maximum atomic E-state index is 13.6. The maximum Gasteiger partial charge on any atom is 0.271 e. The van der Waals surface area contributed by atoms with Crippen LogP contribution in [0.1, 0.15) is 34.7 Å². The Balaban J connectivity index is 1.66. The molecular weight excluding hydrogens is 438 g/mol. The van der Waals surface area contributed by atoms with Crippen molar-refractivity contribution in [2.75, 3.05) is 0 Å². The number of rotatable bonds is 2. The summed E-state index contributed by atoms with van der Waals surface area (Å²) >= 11 is 8.08. The number of allylic oxidation sites excluding steroid dienone is 1. The van der Waals surface area contributed by atoms with Gasteiger partial charge in [0.25, 0.3) is 5.56 Å². The lowest BCUT2D eigenvalue weighted by molar-refractivity contribution is 0.585. The number of aromatic nitrogens is 2. The Morgan fingerprint density at radius 1 is 1.03 bits per heavy atom. The molecule has 3 heterocycles. The van der Waals surface area contributed by atoms with Gasteiger partial charge in [0.2, 0.25) is 0 Å². The summed E-state index contributed by atoms with van der Waals surface area (Å²) in [4.78, 5) is 23.5. The highest BCUT2D eigenvalue weighted by Gasteiger charge is 2.33. The van der Waals surface area contributed by atoms with Gasteiger partial charge >= 0.3 is 0 Å². The van der Waals surface area contributed by atoms with Crippen molar-refractivity contribution in [2.24, 2.45) is 4.99 Å². The third-order valence-corrected chi connectivity index (χ3v) is 7.38. The van der Waals surface area contributed by atoms with E-state index in [0.29, 0.717) is 14.4 Å². The molecule has 0 spiro atoms. The van der Waals surface area contributed by atoms with Crippen LogP contribution < -0.4 is 14.9 Å². The normalized spacial score (nSPS) is 17.4. The molecule has 156 valence electrons. The van der Waals surface area contributed by atoms with E-state index in [9.17, 15) is 4.79 Å². The molecule has 1 aliphatic heterocycles. The van der Waals surface area contributed by atoms with Gasteiger partial charge in [0, 0.05) is 23.0 Å². The van der Waals surface area contributed by atoms with Crippen LogP contribution in [0.3, 0.4) is 0 Å². The first-order chi connectivity index (χ1) is 15.7. The van der Waals surface area contributed by atoms with Gasteiger partial charge in [0.1, 0.15) is 0 Å². The Kier molecular flexibility index (Phi) is 4.67. The minimum atomic E-state index is -0.264. The summed E-state index contributed by atoms with van der Waals surface area (Å²) in [6.07, 6.45) is 7.13. The van der Waals surface area contributed by atoms with E-state index in [1.165, 1.54) is 16.9 Å². The molecule has 0 saturated heterocycles. The van der Waals surface area contributed by atoms with Gasteiger partial charge in [-0.25, -0.2) is 4.99 Å². The number of nitrogens with zero attached hydrogens (tertiary/aromatic N) is 3. The summed E-state index contributed by atoms with van der Waals surface area (Å²) in [6.45, 7) is 0. The van der Waals surface area contributed by atoms with Crippen molar-refractivity contribution in [1.82, 2.24) is 9.55 Å². The average Bonchev–Trinajstić information content (AvgIpc) is 3.13. The molecule has 6 rings (SSSR count). The summed E-state index contributed by atoms with van der Waals surface area (Å²) < 4.78 is 2.46. The van der Waals surface area contributed by atoms with Gasteiger partial charge in [0.15, 0.2) is 4.80 Å². The summed E-state index contributed by atoms with van der Waals surface area (Å²) in [7, 11) is 0. The Morgan fingerprint density at radius 3 is 2.72 bits per heavy atom. The van der Waals surface area contributed by atoms with Crippen LogP contribution in [-0.4, -0.2) is 9.55 Å². The Bertz CT molecular complexity index is 1570. The minimum Gasteiger partial charge on any atom is -0.272 e. The van der Waals surface area contributed by atoms with Gasteiger partial charge in [-0.05, 0) is 53.3 Å². The van der Waals surface area contributed by atoms with E-state index < -0.39 is 0 Å². The number of halogens is 1. The van der Waals surface area contributed by atoms with E-state index in [2.05, 4.69) is 23.2 Å². The van der Waals surface area contributed by atoms with Gasteiger partial charge in [-0.15, -0.1) is 0 Å². The van der Waals surface area contributed by atoms with Crippen molar-refractivity contribution in [3.8, 4) is 0 Å². The number of pyridine rings is 1. The Morgan fingerprint density at radius 2 is 1.88 bits per heavy atom. The summed E-state index contributed by atoms with van der Waals surface area (Å²) in [5.41, 5.74) is 6.35. The lowest BCUT2D eigenvalue weighted by Crippen LogP contribution is -2.38. The molecule has 4 aromatic rings. The molecule has 0 fully saturated rings. The lowest BCUT2D eigenvalue weighted by atomic mass is 9.83. The lowest BCUT2D eigenvalue weighted by Gasteiger charge is -2.31. The van der Waals surface area contributed by atoms with E-state index in [1.807, 2.05) is 53.1 Å². The molecule has 1 unspecified atom stereocenters. The number of hydrogen-bond acceptors (Lipinski definition) is 4. The highest BCUT2D eigenvalue weighted by atomic mass is 35.5. The Hall–Kier alpha value is -3.28. The van der Waals surface area contributed by atoms with Crippen LogP contribution in [0.5, 0.6) is 0 Å². The van der Waals surface area contributed by atoms with Gasteiger partial charge in [0.05, 0.1) is 16.3 Å². The van der Waals surface area contributed by atoms with Crippen LogP contribution in [0.4, 0.5) is 0 Å². The fourth-order valence-electron chi connectivity index (χ4n) is 4.61. The molecule has 4 nitrogen and oxygen atoms in total. The SMILES string of the molecule is O=c1/c(=C/c2cccnc2)sc2n1C(c1ccccc1Cl)C1=C(N=2)c2ccccc2CC1. The molecule has 0 N–H and O–H groups in total. The fraction of sp³-hybridized carbons (Fsp3) is 0.115. The number of benzene rings is 2. The van der Waals surface area contributed by atoms with Crippen molar-refractivity contribution in [3.05, 3.63) is 126 Å². The average molecular weight is 456 g/mol. The molecule has 0 bridgehead atoms. The quantitative estimate of drug-likeness (QED) is 0.450. The van der Waals surface area contributed by atoms with Crippen molar-refractivity contribution in [1.29, 1.82) is 0 Å². The van der Waals surface area contributed by atoms with Crippen LogP contribution in [0.2, 0.25) is 5.02 Å². The highest BCUT2D eigenvalue weighted by molar-refractivity contribution is 7.07. The van der Waals surface area contributed by atoms with Crippen molar-refractivity contribution in [2.45, 2.75) is 18.9 Å². The Labute approximate surface area is 193 Å². The van der Waals surface area contributed by atoms with E-state index in [1.54, 1.807) is 12.4 Å². The number of thiazole rings is 1. The second kappa shape index (κ2) is 7.69. The van der Waals surface area contributed by atoms with Gasteiger partial charge in [-0.1, -0.05) is 71.5 Å². The van der Waals surface area contributed by atoms with E-state index in [0.717, 1.165) is 40.8 Å². The predicted octanol–water partition coefficient (Wildman–Crippen LogP) is 4.37. The molecular formula is C26H18ClN3OS. The smallest absolute Gasteiger partial charge is 0.271 e. The van der Waals surface area contributed by atoms with Crippen LogP contribution >= 0.6 is 22.9 Å². The first-order valence-electron chi connectivity index (χ1n) is 10.5. The standard InChI is InChI=1S/C26H18ClN3OS/c27-21-10-4-3-9-19(21)24-20-12-11-17-7-1-2-8-18(17)23(20)29-26-30(24)25(31)22(32-26)14-16-6-5-13-28-15-16/h1-10,13-15,24H,11-12H2/b22-14-. The summed E-state index contributed by atoms with van der Waals surface area (Å²) in [5.74, 6) is 0. The van der Waals surface area contributed by atoms with Gasteiger partial charge in [-0.2, -0.15) is 0 Å². The molecule has 0 radical (unpaired) electrons. The molecule has 0 amide bonds. The van der Waals surface area contributed by atoms with E-state index in [-0.39, 0.29) is 11.6 Å². The number of fused-ring (bicyclic) bond motifs is 3. The fourth-order valence-corrected chi connectivity index (χ4v) is 5.85. The van der Waals surface area contributed by atoms with Crippen LogP contribution in [-0.2, 0) is 6.42 Å². The van der Waals surface area contributed by atoms with Crippen LogP contribution in [0.25, 0.3) is 11.8 Å². The third kappa shape index (κ3) is 3.08. The van der Waals surface area contributed by atoms with Gasteiger partial charge < -0.3 is 0 Å².